The summed E-state index contributed by atoms with van der Waals surface area (Å²) in [5.41, 5.74) is 5.58. The number of hydrogen-bond acceptors (Lipinski definition) is 2. The van der Waals surface area contributed by atoms with Gasteiger partial charge in [0.2, 0.25) is 6.34 Å². The van der Waals surface area contributed by atoms with Crippen LogP contribution in [0.15, 0.2) is 0 Å². The van der Waals surface area contributed by atoms with Crippen LogP contribution in [0, 0.1) is 5.92 Å². The molecule has 0 aromatic carbocycles. The zero-order valence-corrected chi connectivity index (χ0v) is 15.2. The van der Waals surface area contributed by atoms with Crippen LogP contribution in [0.3, 0.4) is 0 Å². The van der Waals surface area contributed by atoms with Gasteiger partial charge in [-0.05, 0) is 25.3 Å². The first kappa shape index (κ1) is 19.5. The Morgan fingerprint density at radius 3 is 2.41 bits per heavy atom. The molecule has 1 aliphatic heterocycles. The molecule has 3 nitrogen and oxygen atoms in total. The molecule has 0 saturated carbocycles. The second-order valence-electron chi connectivity index (χ2n) is 7.16. The second kappa shape index (κ2) is 12.9. The molecule has 0 amide bonds. The van der Waals surface area contributed by atoms with Crippen LogP contribution in [0.2, 0.25) is 0 Å². The summed E-state index contributed by atoms with van der Waals surface area (Å²) in [5, 5.41) is 0. The topological polar surface area (TPSA) is 32.3 Å². The number of rotatable bonds is 14. The van der Waals surface area contributed by atoms with Crippen molar-refractivity contribution < 1.29 is 4.58 Å². The van der Waals surface area contributed by atoms with Crippen molar-refractivity contribution in [2.75, 3.05) is 32.7 Å². The van der Waals surface area contributed by atoms with E-state index >= 15 is 0 Å². The summed E-state index contributed by atoms with van der Waals surface area (Å²) >= 11 is 0. The molecule has 22 heavy (non-hydrogen) atoms. The Labute approximate surface area is 139 Å². The van der Waals surface area contributed by atoms with Gasteiger partial charge in [0, 0.05) is 0 Å². The van der Waals surface area contributed by atoms with E-state index in [1.807, 2.05) is 0 Å². The summed E-state index contributed by atoms with van der Waals surface area (Å²) in [6.07, 6.45) is 16.2. The molecule has 1 aliphatic rings. The molecule has 3 heteroatoms. The Morgan fingerprint density at radius 2 is 1.73 bits per heavy atom. The standard InChI is InChI=1S/C19H40N3/c1-3-4-5-6-7-8-9-10-12-19(2)17-22-16-15-21(18-22)14-11-13-20/h18-19H,3-17,20H2,1-2H3/q+1. The van der Waals surface area contributed by atoms with E-state index in [9.17, 15) is 0 Å². The predicted molar refractivity (Wildman–Crippen MR) is 97.7 cm³/mol. The van der Waals surface area contributed by atoms with E-state index in [2.05, 4.69) is 29.7 Å². The van der Waals surface area contributed by atoms with Gasteiger partial charge in [-0.1, -0.05) is 65.2 Å². The minimum absolute atomic E-state index is 0.805. The molecule has 0 saturated heterocycles. The van der Waals surface area contributed by atoms with Crippen LogP contribution in [0.25, 0.3) is 0 Å². The zero-order chi connectivity index (χ0) is 16.0. The Morgan fingerprint density at radius 1 is 1.05 bits per heavy atom. The van der Waals surface area contributed by atoms with Crippen LogP contribution in [-0.2, 0) is 0 Å². The molecule has 1 rings (SSSR count). The monoisotopic (exact) mass is 310 g/mol. The molecular weight excluding hydrogens is 270 g/mol. The minimum atomic E-state index is 0.805. The summed E-state index contributed by atoms with van der Waals surface area (Å²) < 4.78 is 2.51. The summed E-state index contributed by atoms with van der Waals surface area (Å²) in [6, 6.07) is 0. The van der Waals surface area contributed by atoms with Crippen molar-refractivity contribution in [3.63, 3.8) is 0 Å². The van der Waals surface area contributed by atoms with Crippen molar-refractivity contribution in [3.8, 4) is 0 Å². The van der Waals surface area contributed by atoms with Gasteiger partial charge >= 0.3 is 0 Å². The average molecular weight is 311 g/mol. The molecule has 1 unspecified atom stereocenters. The molecule has 0 aliphatic carbocycles. The molecule has 1 heterocycles. The maximum Gasteiger partial charge on any atom is 0.234 e. The fourth-order valence-corrected chi connectivity index (χ4v) is 3.32. The number of hydrogen-bond donors (Lipinski definition) is 1. The van der Waals surface area contributed by atoms with Gasteiger partial charge in [0.25, 0.3) is 0 Å². The third kappa shape index (κ3) is 9.45. The van der Waals surface area contributed by atoms with Gasteiger partial charge in [-0.2, -0.15) is 0 Å². The second-order valence-corrected chi connectivity index (χ2v) is 7.16. The predicted octanol–water partition coefficient (Wildman–Crippen LogP) is 3.86. The largest absolute Gasteiger partial charge is 0.330 e. The molecule has 0 bridgehead atoms. The first-order valence-corrected chi connectivity index (χ1v) is 9.79. The van der Waals surface area contributed by atoms with Crippen molar-refractivity contribution in [1.29, 1.82) is 0 Å². The Hall–Kier alpha value is -0.570. The van der Waals surface area contributed by atoms with Crippen molar-refractivity contribution in [1.82, 2.24) is 4.90 Å². The number of unbranched alkanes of at least 4 members (excludes halogenated alkanes) is 7. The Kier molecular flexibility index (Phi) is 11.4. The van der Waals surface area contributed by atoms with Crippen LogP contribution >= 0.6 is 0 Å². The molecule has 2 N–H and O–H groups in total. The molecule has 1 atom stereocenters. The van der Waals surface area contributed by atoms with E-state index in [0.717, 1.165) is 25.4 Å². The van der Waals surface area contributed by atoms with Gasteiger partial charge in [0.15, 0.2) is 0 Å². The van der Waals surface area contributed by atoms with Crippen molar-refractivity contribution in [2.45, 2.75) is 78.1 Å². The molecule has 0 radical (unpaired) electrons. The maximum absolute atomic E-state index is 5.58. The van der Waals surface area contributed by atoms with E-state index < -0.39 is 0 Å². The van der Waals surface area contributed by atoms with Gasteiger partial charge in [-0.15, -0.1) is 0 Å². The van der Waals surface area contributed by atoms with Gasteiger partial charge in [-0.25, -0.2) is 0 Å². The van der Waals surface area contributed by atoms with Gasteiger partial charge < -0.3 is 5.73 Å². The highest BCUT2D eigenvalue weighted by atomic mass is 15.3. The van der Waals surface area contributed by atoms with Crippen molar-refractivity contribution in [3.05, 3.63) is 0 Å². The van der Waals surface area contributed by atoms with Gasteiger partial charge in [0.05, 0.1) is 13.1 Å². The van der Waals surface area contributed by atoms with Crippen molar-refractivity contribution in [2.24, 2.45) is 11.7 Å². The summed E-state index contributed by atoms with van der Waals surface area (Å²) in [4.78, 5) is 2.43. The fourth-order valence-electron chi connectivity index (χ4n) is 3.32. The summed E-state index contributed by atoms with van der Waals surface area (Å²) in [5.74, 6) is 0.825. The molecule has 0 spiro atoms. The van der Waals surface area contributed by atoms with Crippen LogP contribution < -0.4 is 5.73 Å². The molecule has 0 aromatic rings. The Balaban J connectivity index is 1.98. The Bertz CT molecular complexity index is 288. The highest BCUT2D eigenvalue weighted by Gasteiger charge is 2.19. The zero-order valence-electron chi connectivity index (χ0n) is 15.2. The molecule has 130 valence electrons. The van der Waals surface area contributed by atoms with Crippen LogP contribution in [0.4, 0.5) is 0 Å². The minimum Gasteiger partial charge on any atom is -0.330 e. The van der Waals surface area contributed by atoms with E-state index in [-0.39, 0.29) is 0 Å². The van der Waals surface area contributed by atoms with E-state index in [4.69, 9.17) is 5.73 Å². The normalized spacial score (nSPS) is 16.1. The quantitative estimate of drug-likeness (QED) is 0.390. The van der Waals surface area contributed by atoms with E-state index in [1.54, 1.807) is 0 Å². The summed E-state index contributed by atoms with van der Waals surface area (Å²) in [7, 11) is 0. The lowest BCUT2D eigenvalue weighted by Crippen LogP contribution is -2.23. The fraction of sp³-hybridized carbons (Fsp3) is 0.947. The maximum atomic E-state index is 5.58. The third-order valence-corrected chi connectivity index (χ3v) is 4.75. The highest BCUT2D eigenvalue weighted by Crippen LogP contribution is 2.13. The van der Waals surface area contributed by atoms with Crippen LogP contribution in [0.1, 0.15) is 78.1 Å². The van der Waals surface area contributed by atoms with E-state index in [1.165, 1.54) is 77.4 Å². The van der Waals surface area contributed by atoms with Crippen LogP contribution in [-0.4, -0.2) is 48.5 Å². The first-order chi connectivity index (χ1) is 10.8. The summed E-state index contributed by atoms with van der Waals surface area (Å²) in [6.45, 7) is 10.2. The smallest absolute Gasteiger partial charge is 0.234 e. The van der Waals surface area contributed by atoms with Gasteiger partial charge in [0.1, 0.15) is 13.1 Å². The lowest BCUT2D eigenvalue weighted by atomic mass is 10.0. The molecular formula is C19H40N3+. The average Bonchev–Trinajstić information content (AvgIpc) is 2.95. The lowest BCUT2D eigenvalue weighted by molar-refractivity contribution is -0.520. The lowest BCUT2D eigenvalue weighted by Gasteiger charge is -2.10. The van der Waals surface area contributed by atoms with E-state index in [0.29, 0.717) is 0 Å². The molecule has 0 fully saturated rings. The molecule has 0 aromatic heterocycles. The number of nitrogens with two attached hydrogens (primary N) is 1. The highest BCUT2D eigenvalue weighted by molar-refractivity contribution is 5.50. The van der Waals surface area contributed by atoms with Crippen LogP contribution in [0.5, 0.6) is 0 Å². The SMILES string of the molecule is CCCCCCCCCCC(C)C[N+]1=CN(CCCN)CC1. The van der Waals surface area contributed by atoms with Gasteiger partial charge in [-0.3, -0.25) is 9.48 Å². The first-order valence-electron chi connectivity index (χ1n) is 9.79. The number of nitrogens with zero attached hydrogens (tertiary/aromatic N) is 2. The third-order valence-electron chi connectivity index (χ3n) is 4.75. The van der Waals surface area contributed by atoms with Crippen molar-refractivity contribution >= 4 is 6.34 Å².